The second kappa shape index (κ2) is 9.76. The van der Waals surface area contributed by atoms with Crippen LogP contribution >= 0.6 is 11.6 Å². The molecule has 5 rings (SSSR count). The van der Waals surface area contributed by atoms with E-state index < -0.39 is 11.7 Å². The molecule has 0 radical (unpaired) electrons. The van der Waals surface area contributed by atoms with Crippen molar-refractivity contribution in [1.82, 2.24) is 9.88 Å². The zero-order chi connectivity index (χ0) is 24.4. The quantitative estimate of drug-likeness (QED) is 0.323. The summed E-state index contributed by atoms with van der Waals surface area (Å²) in [6.07, 6.45) is -2.88. The molecule has 8 heteroatoms. The van der Waals surface area contributed by atoms with Gasteiger partial charge in [-0.15, -0.1) is 0 Å². The highest BCUT2D eigenvalue weighted by Crippen LogP contribution is 2.33. The van der Waals surface area contributed by atoms with E-state index in [1.165, 1.54) is 17.8 Å². The molecular weight excluding hydrogens is 473 g/mol. The van der Waals surface area contributed by atoms with Gasteiger partial charge in [-0.1, -0.05) is 41.9 Å². The van der Waals surface area contributed by atoms with Crippen LogP contribution in [0.25, 0.3) is 10.9 Å². The van der Waals surface area contributed by atoms with E-state index in [1.54, 1.807) is 6.07 Å². The number of hydrogen-bond acceptors (Lipinski definition) is 4. The number of pyridine rings is 1. The molecule has 1 aliphatic rings. The molecule has 0 spiro atoms. The molecule has 0 bridgehead atoms. The lowest BCUT2D eigenvalue weighted by molar-refractivity contribution is -0.137. The lowest BCUT2D eigenvalue weighted by atomic mass is 10.1. The lowest BCUT2D eigenvalue weighted by Gasteiger charge is -2.36. The number of para-hydroxylation sites is 1. The highest BCUT2D eigenvalue weighted by atomic mass is 35.5. The summed E-state index contributed by atoms with van der Waals surface area (Å²) >= 11 is 6.34. The minimum absolute atomic E-state index is 0.303. The minimum Gasteiger partial charge on any atom is -0.368 e. The number of hydrogen-bond donors (Lipinski definition) is 1. The van der Waals surface area contributed by atoms with E-state index in [9.17, 15) is 13.2 Å². The van der Waals surface area contributed by atoms with Crippen LogP contribution in [0.4, 0.5) is 30.2 Å². The summed E-state index contributed by atoms with van der Waals surface area (Å²) < 4.78 is 39.1. The van der Waals surface area contributed by atoms with Gasteiger partial charge in [0.25, 0.3) is 0 Å². The first-order chi connectivity index (χ1) is 16.9. The Labute approximate surface area is 207 Å². The fourth-order valence-electron chi connectivity index (χ4n) is 4.40. The molecule has 3 aromatic carbocycles. The van der Waals surface area contributed by atoms with E-state index in [0.717, 1.165) is 61.3 Å². The Hall–Kier alpha value is -3.29. The number of halogens is 4. The van der Waals surface area contributed by atoms with Crippen LogP contribution < -0.4 is 10.2 Å². The molecule has 180 valence electrons. The van der Waals surface area contributed by atoms with Crippen LogP contribution in [-0.2, 0) is 12.7 Å². The van der Waals surface area contributed by atoms with E-state index in [4.69, 9.17) is 11.6 Å². The van der Waals surface area contributed by atoms with Crippen LogP contribution in [0.3, 0.4) is 0 Å². The first-order valence-electron chi connectivity index (χ1n) is 11.4. The van der Waals surface area contributed by atoms with Crippen LogP contribution in [0.1, 0.15) is 11.1 Å². The van der Waals surface area contributed by atoms with Gasteiger partial charge in [-0.3, -0.25) is 9.88 Å². The monoisotopic (exact) mass is 496 g/mol. The molecule has 0 unspecified atom stereocenters. The fraction of sp³-hybridized carbons (Fsp3) is 0.222. The third kappa shape index (κ3) is 5.36. The Morgan fingerprint density at radius 1 is 0.886 bits per heavy atom. The molecular formula is C27H24ClF3N4. The molecule has 0 amide bonds. The molecule has 4 nitrogen and oxygen atoms in total. The summed E-state index contributed by atoms with van der Waals surface area (Å²) in [7, 11) is 0. The molecule has 2 heterocycles. The van der Waals surface area contributed by atoms with Crippen molar-refractivity contribution in [3.63, 3.8) is 0 Å². The number of piperazine rings is 1. The van der Waals surface area contributed by atoms with Crippen LogP contribution in [-0.4, -0.2) is 36.1 Å². The Morgan fingerprint density at radius 3 is 2.34 bits per heavy atom. The normalized spacial score (nSPS) is 14.9. The van der Waals surface area contributed by atoms with Gasteiger partial charge in [-0.05, 0) is 48.0 Å². The summed E-state index contributed by atoms with van der Waals surface area (Å²) in [5.41, 5.74) is 3.47. The van der Waals surface area contributed by atoms with Gasteiger partial charge in [-0.2, -0.15) is 13.2 Å². The topological polar surface area (TPSA) is 31.4 Å². The van der Waals surface area contributed by atoms with E-state index in [2.05, 4.69) is 38.3 Å². The van der Waals surface area contributed by atoms with Gasteiger partial charge < -0.3 is 10.2 Å². The number of aromatic nitrogens is 1. The van der Waals surface area contributed by atoms with E-state index >= 15 is 0 Å². The second-order valence-electron chi connectivity index (χ2n) is 8.62. The van der Waals surface area contributed by atoms with E-state index in [-0.39, 0.29) is 0 Å². The zero-order valence-electron chi connectivity index (χ0n) is 18.9. The highest BCUT2D eigenvalue weighted by Gasteiger charge is 2.30. The van der Waals surface area contributed by atoms with Crippen LogP contribution in [0.15, 0.2) is 79.0 Å². The first kappa shape index (κ1) is 23.5. The number of nitrogens with one attached hydrogen (secondary N) is 1. The van der Waals surface area contributed by atoms with Crippen molar-refractivity contribution < 1.29 is 13.2 Å². The molecule has 0 aliphatic carbocycles. The molecule has 0 atom stereocenters. The SMILES string of the molecule is FC(F)(F)c1ccc2c(Nc3ccc(CN4CCN(c5ccccc5Cl)CC4)cc3)ccnc2c1. The number of nitrogens with zero attached hydrogens (tertiary/aromatic N) is 3. The van der Waals surface area contributed by atoms with E-state index in [0.29, 0.717) is 16.6 Å². The third-order valence-electron chi connectivity index (χ3n) is 6.27. The molecule has 35 heavy (non-hydrogen) atoms. The van der Waals surface area contributed by atoms with Crippen molar-refractivity contribution >= 4 is 39.6 Å². The van der Waals surface area contributed by atoms with Gasteiger partial charge in [0.2, 0.25) is 0 Å². The van der Waals surface area contributed by atoms with Gasteiger partial charge in [0.15, 0.2) is 0 Å². The molecule has 0 saturated carbocycles. The Morgan fingerprint density at radius 2 is 1.63 bits per heavy atom. The third-order valence-corrected chi connectivity index (χ3v) is 6.59. The van der Waals surface area contributed by atoms with Gasteiger partial charge >= 0.3 is 6.18 Å². The standard InChI is InChI=1S/C27H24ClF3N4/c28-23-3-1-2-4-26(23)35-15-13-34(14-16-35)18-19-5-8-21(9-6-19)33-24-11-12-32-25-17-20(27(29,30)31)7-10-22(24)25/h1-12,17H,13-16,18H2,(H,32,33). The average molecular weight is 497 g/mol. The molecule has 1 saturated heterocycles. The van der Waals surface area contributed by atoms with Gasteiger partial charge in [0.1, 0.15) is 0 Å². The predicted octanol–water partition coefficient (Wildman–Crippen LogP) is 6.97. The summed E-state index contributed by atoms with van der Waals surface area (Å²) in [5.74, 6) is 0. The lowest BCUT2D eigenvalue weighted by Crippen LogP contribution is -2.46. The van der Waals surface area contributed by atoms with Gasteiger partial charge in [0, 0.05) is 55.7 Å². The number of fused-ring (bicyclic) bond motifs is 1. The van der Waals surface area contributed by atoms with Crippen molar-refractivity contribution in [2.45, 2.75) is 12.7 Å². The van der Waals surface area contributed by atoms with Crippen LogP contribution in [0.5, 0.6) is 0 Å². The number of anilines is 3. The molecule has 4 aromatic rings. The maximum Gasteiger partial charge on any atom is 0.416 e. The smallest absolute Gasteiger partial charge is 0.368 e. The molecule has 1 N–H and O–H groups in total. The summed E-state index contributed by atoms with van der Waals surface area (Å²) in [6.45, 7) is 4.61. The number of alkyl halides is 3. The molecule has 1 fully saturated rings. The van der Waals surface area contributed by atoms with Crippen molar-refractivity contribution in [3.05, 3.63) is 95.1 Å². The zero-order valence-corrected chi connectivity index (χ0v) is 19.7. The summed E-state index contributed by atoms with van der Waals surface area (Å²) in [6, 6.07) is 21.5. The van der Waals surface area contributed by atoms with Crippen molar-refractivity contribution in [1.29, 1.82) is 0 Å². The Bertz CT molecular complexity index is 1320. The Balaban J connectivity index is 1.22. The van der Waals surface area contributed by atoms with Gasteiger partial charge in [-0.25, -0.2) is 0 Å². The minimum atomic E-state index is -4.39. The average Bonchev–Trinajstić information content (AvgIpc) is 2.85. The summed E-state index contributed by atoms with van der Waals surface area (Å²) in [4.78, 5) is 8.85. The van der Waals surface area contributed by atoms with Crippen molar-refractivity contribution in [2.24, 2.45) is 0 Å². The van der Waals surface area contributed by atoms with Crippen molar-refractivity contribution in [2.75, 3.05) is 36.4 Å². The number of benzene rings is 3. The first-order valence-corrected chi connectivity index (χ1v) is 11.8. The van der Waals surface area contributed by atoms with E-state index in [1.807, 2.05) is 30.3 Å². The molecule has 1 aliphatic heterocycles. The largest absolute Gasteiger partial charge is 0.416 e. The van der Waals surface area contributed by atoms with Crippen molar-refractivity contribution in [3.8, 4) is 0 Å². The van der Waals surface area contributed by atoms with Gasteiger partial charge in [0.05, 0.1) is 21.8 Å². The maximum absolute atomic E-state index is 13.0. The van der Waals surface area contributed by atoms with Crippen LogP contribution in [0, 0.1) is 0 Å². The Kier molecular flexibility index (Phi) is 6.54. The number of rotatable bonds is 5. The van der Waals surface area contributed by atoms with Crippen LogP contribution in [0.2, 0.25) is 5.02 Å². The summed E-state index contributed by atoms with van der Waals surface area (Å²) in [5, 5.41) is 4.74. The second-order valence-corrected chi connectivity index (χ2v) is 9.03. The predicted molar refractivity (Wildman–Crippen MR) is 135 cm³/mol. The maximum atomic E-state index is 13.0. The molecule has 1 aromatic heterocycles. The highest BCUT2D eigenvalue weighted by molar-refractivity contribution is 6.33. The fourth-order valence-corrected chi connectivity index (χ4v) is 4.65.